The number of carbonyl (C=O) groups excluding carboxylic acids is 1. The van der Waals surface area contributed by atoms with E-state index in [1.54, 1.807) is 11.0 Å². The van der Waals surface area contributed by atoms with Crippen molar-refractivity contribution in [3.8, 4) is 0 Å². The van der Waals surface area contributed by atoms with Gasteiger partial charge < -0.3 is 9.74 Å². The number of oxime groups is 1. The Morgan fingerprint density at radius 1 is 1.33 bits per heavy atom. The van der Waals surface area contributed by atoms with Crippen molar-refractivity contribution in [2.24, 2.45) is 5.16 Å². The minimum Gasteiger partial charge on any atom is -0.382 e. The number of rotatable bonds is 2. The van der Waals surface area contributed by atoms with E-state index in [1.807, 2.05) is 0 Å². The Hall–Kier alpha value is -1.62. The Morgan fingerprint density at radius 2 is 2.10 bits per heavy atom. The van der Waals surface area contributed by atoms with Crippen LogP contribution in [0.3, 0.4) is 0 Å². The van der Waals surface area contributed by atoms with Crippen molar-refractivity contribution in [2.75, 3.05) is 13.1 Å². The van der Waals surface area contributed by atoms with Crippen molar-refractivity contribution in [1.82, 2.24) is 4.90 Å². The summed E-state index contributed by atoms with van der Waals surface area (Å²) in [5.41, 5.74) is 0.626. The highest BCUT2D eigenvalue weighted by atomic mass is 35.5. The van der Waals surface area contributed by atoms with Gasteiger partial charge in [-0.25, -0.2) is 4.39 Å². The predicted octanol–water partition coefficient (Wildman–Crippen LogP) is 2.98. The molecule has 0 aromatic heterocycles. The fraction of sp³-hybridized carbons (Fsp3) is 0.467. The van der Waals surface area contributed by atoms with E-state index in [0.717, 1.165) is 32.4 Å². The van der Waals surface area contributed by atoms with Gasteiger partial charge in [-0.3, -0.25) is 4.79 Å². The number of amides is 1. The molecule has 1 aromatic carbocycles. The molecule has 6 heteroatoms. The average Bonchev–Trinajstić information content (AvgIpc) is 2.97. The molecule has 1 unspecified atom stereocenters. The molecule has 2 aliphatic rings. The number of hydrogen-bond donors (Lipinski definition) is 0. The maximum atomic E-state index is 13.9. The fourth-order valence-electron chi connectivity index (χ4n) is 2.75. The van der Waals surface area contributed by atoms with Crippen LogP contribution in [0.25, 0.3) is 0 Å². The summed E-state index contributed by atoms with van der Waals surface area (Å²) in [5, 5.41) is 4.15. The first kappa shape index (κ1) is 14.3. The first-order chi connectivity index (χ1) is 10.2. The first-order valence-electron chi connectivity index (χ1n) is 7.12. The molecule has 2 aliphatic heterocycles. The molecular formula is C15H16ClFN2O2. The molecule has 21 heavy (non-hydrogen) atoms. The molecule has 1 aromatic rings. The third kappa shape index (κ3) is 2.88. The summed E-state index contributed by atoms with van der Waals surface area (Å²) < 4.78 is 13.9. The molecule has 1 fully saturated rings. The van der Waals surface area contributed by atoms with Crippen molar-refractivity contribution < 1.29 is 14.0 Å². The van der Waals surface area contributed by atoms with Gasteiger partial charge in [0.1, 0.15) is 5.82 Å². The molecule has 4 nitrogen and oxygen atoms in total. The van der Waals surface area contributed by atoms with Crippen LogP contribution in [0.2, 0.25) is 5.02 Å². The summed E-state index contributed by atoms with van der Waals surface area (Å²) in [5.74, 6) is -0.517. The Labute approximate surface area is 127 Å². The molecule has 0 radical (unpaired) electrons. The van der Waals surface area contributed by atoms with Crippen LogP contribution in [0.4, 0.5) is 4.39 Å². The lowest BCUT2D eigenvalue weighted by atomic mass is 10.0. The lowest BCUT2D eigenvalue weighted by Gasteiger charge is -2.28. The van der Waals surface area contributed by atoms with Gasteiger partial charge in [0.2, 0.25) is 6.10 Å². The monoisotopic (exact) mass is 310 g/mol. The number of halogens is 2. The molecule has 0 aliphatic carbocycles. The Bertz CT molecular complexity index is 565. The minimum absolute atomic E-state index is 0.0686. The largest absolute Gasteiger partial charge is 0.382 e. The second-order valence-electron chi connectivity index (χ2n) is 5.32. The van der Waals surface area contributed by atoms with E-state index in [0.29, 0.717) is 5.71 Å². The molecule has 0 spiro atoms. The van der Waals surface area contributed by atoms with Crippen LogP contribution in [0.1, 0.15) is 31.2 Å². The summed E-state index contributed by atoms with van der Waals surface area (Å²) >= 11 is 6.01. The summed E-state index contributed by atoms with van der Waals surface area (Å²) in [6.07, 6.45) is 2.79. The zero-order valence-electron chi connectivity index (χ0n) is 11.5. The Kier molecular flexibility index (Phi) is 4.10. The van der Waals surface area contributed by atoms with E-state index in [2.05, 4.69) is 5.16 Å². The minimum atomic E-state index is -0.659. The molecule has 1 saturated heterocycles. The van der Waals surface area contributed by atoms with Gasteiger partial charge in [-0.1, -0.05) is 22.8 Å². The molecule has 1 amide bonds. The normalized spacial score (nSPS) is 21.9. The molecular weight excluding hydrogens is 295 g/mol. The van der Waals surface area contributed by atoms with Crippen molar-refractivity contribution >= 4 is 23.2 Å². The Morgan fingerprint density at radius 3 is 2.81 bits per heavy atom. The van der Waals surface area contributed by atoms with Crippen molar-refractivity contribution in [3.63, 3.8) is 0 Å². The van der Waals surface area contributed by atoms with Gasteiger partial charge in [-0.2, -0.15) is 0 Å². The van der Waals surface area contributed by atoms with E-state index in [1.165, 1.54) is 12.1 Å². The standard InChI is InChI=1S/C15H16ClFN2O2/c16-10-5-4-6-11(17)14(10)12-9-13(21-18-12)15(20)19-7-2-1-3-8-19/h4-6,13H,1-3,7-9H2. The third-order valence-corrected chi connectivity index (χ3v) is 4.18. The molecule has 0 bridgehead atoms. The fourth-order valence-corrected chi connectivity index (χ4v) is 3.02. The van der Waals surface area contributed by atoms with Crippen LogP contribution in [-0.4, -0.2) is 35.7 Å². The summed E-state index contributed by atoms with van der Waals surface area (Å²) in [7, 11) is 0. The van der Waals surface area contributed by atoms with Crippen molar-refractivity contribution in [3.05, 3.63) is 34.6 Å². The van der Waals surface area contributed by atoms with E-state index in [9.17, 15) is 9.18 Å². The topological polar surface area (TPSA) is 41.9 Å². The number of benzene rings is 1. The van der Waals surface area contributed by atoms with Gasteiger partial charge in [0.25, 0.3) is 5.91 Å². The van der Waals surface area contributed by atoms with Gasteiger partial charge in [0.05, 0.1) is 16.3 Å². The second-order valence-corrected chi connectivity index (χ2v) is 5.73. The van der Waals surface area contributed by atoms with Crippen LogP contribution in [0, 0.1) is 5.82 Å². The van der Waals surface area contributed by atoms with Crippen LogP contribution in [-0.2, 0) is 9.63 Å². The van der Waals surface area contributed by atoms with Crippen LogP contribution in [0.5, 0.6) is 0 Å². The van der Waals surface area contributed by atoms with Gasteiger partial charge in [0.15, 0.2) is 0 Å². The van der Waals surface area contributed by atoms with E-state index >= 15 is 0 Å². The number of hydrogen-bond acceptors (Lipinski definition) is 3. The smallest absolute Gasteiger partial charge is 0.266 e. The van der Waals surface area contributed by atoms with E-state index in [4.69, 9.17) is 16.4 Å². The maximum Gasteiger partial charge on any atom is 0.266 e. The number of carbonyl (C=O) groups is 1. The van der Waals surface area contributed by atoms with Gasteiger partial charge in [0, 0.05) is 19.5 Å². The van der Waals surface area contributed by atoms with Gasteiger partial charge in [-0.15, -0.1) is 0 Å². The van der Waals surface area contributed by atoms with E-state index in [-0.39, 0.29) is 22.9 Å². The summed E-state index contributed by atoms with van der Waals surface area (Å²) in [6.45, 7) is 1.52. The zero-order chi connectivity index (χ0) is 14.8. The third-order valence-electron chi connectivity index (χ3n) is 3.86. The molecule has 3 rings (SSSR count). The molecule has 112 valence electrons. The molecule has 0 N–H and O–H groups in total. The highest BCUT2D eigenvalue weighted by molar-refractivity contribution is 6.34. The molecule has 2 heterocycles. The Balaban J connectivity index is 1.71. The average molecular weight is 311 g/mol. The van der Waals surface area contributed by atoms with Crippen LogP contribution in [0.15, 0.2) is 23.4 Å². The van der Waals surface area contributed by atoms with E-state index < -0.39 is 11.9 Å². The van der Waals surface area contributed by atoms with Gasteiger partial charge >= 0.3 is 0 Å². The SMILES string of the molecule is O=C(C1CC(c2c(F)cccc2Cl)=NO1)N1CCCCC1. The number of piperidine rings is 1. The van der Waals surface area contributed by atoms with Crippen molar-refractivity contribution in [2.45, 2.75) is 31.8 Å². The maximum absolute atomic E-state index is 13.9. The quantitative estimate of drug-likeness (QED) is 0.842. The van der Waals surface area contributed by atoms with Crippen molar-refractivity contribution in [1.29, 1.82) is 0 Å². The highest BCUT2D eigenvalue weighted by Crippen LogP contribution is 2.26. The van der Waals surface area contributed by atoms with Gasteiger partial charge in [-0.05, 0) is 31.4 Å². The molecule has 1 atom stereocenters. The first-order valence-corrected chi connectivity index (χ1v) is 7.50. The number of nitrogens with zero attached hydrogens (tertiary/aromatic N) is 2. The highest BCUT2D eigenvalue weighted by Gasteiger charge is 2.34. The zero-order valence-corrected chi connectivity index (χ0v) is 12.3. The summed E-state index contributed by atoms with van der Waals surface area (Å²) in [6, 6.07) is 4.46. The van der Waals surface area contributed by atoms with Crippen LogP contribution >= 0.6 is 11.6 Å². The number of likely N-dealkylation sites (tertiary alicyclic amines) is 1. The summed E-state index contributed by atoms with van der Waals surface area (Å²) in [4.78, 5) is 19.4. The lowest BCUT2D eigenvalue weighted by Crippen LogP contribution is -2.42. The second kappa shape index (κ2) is 6.02. The lowest BCUT2D eigenvalue weighted by molar-refractivity contribution is -0.143. The van der Waals surface area contributed by atoms with Crippen LogP contribution < -0.4 is 0 Å². The predicted molar refractivity (Wildman–Crippen MR) is 77.9 cm³/mol. The molecule has 0 saturated carbocycles.